The molecule has 6 heteroatoms. The minimum atomic E-state index is -0.496. The summed E-state index contributed by atoms with van der Waals surface area (Å²) in [5.74, 6) is 0.584. The smallest absolute Gasteiger partial charge is 0.339 e. The van der Waals surface area contributed by atoms with Crippen LogP contribution in [0, 0.1) is 5.92 Å². The van der Waals surface area contributed by atoms with Gasteiger partial charge in [0.05, 0.1) is 30.9 Å². The molecule has 4 rings (SSSR count). The third-order valence-corrected chi connectivity index (χ3v) is 5.75. The highest BCUT2D eigenvalue weighted by molar-refractivity contribution is 6.07. The van der Waals surface area contributed by atoms with Crippen molar-refractivity contribution in [1.82, 2.24) is 4.98 Å². The molecule has 0 N–H and O–H groups in total. The van der Waals surface area contributed by atoms with Gasteiger partial charge in [0.15, 0.2) is 6.61 Å². The fraction of sp³-hybridized carbons (Fsp3) is 0.320. The number of methoxy groups -OCH3 is 2. The van der Waals surface area contributed by atoms with Crippen LogP contribution in [0.25, 0.3) is 10.9 Å². The number of ketones is 1. The summed E-state index contributed by atoms with van der Waals surface area (Å²) in [7, 11) is 3.02. The average Bonchev–Trinajstić information content (AvgIpc) is 2.80. The van der Waals surface area contributed by atoms with E-state index in [2.05, 4.69) is 6.92 Å². The Hall–Kier alpha value is -3.41. The van der Waals surface area contributed by atoms with E-state index in [1.807, 2.05) is 24.3 Å². The molecule has 1 atom stereocenters. The molecular weight excluding hydrogens is 394 g/mol. The minimum Gasteiger partial charge on any atom is -0.497 e. The fourth-order valence-electron chi connectivity index (χ4n) is 4.11. The van der Waals surface area contributed by atoms with E-state index in [-0.39, 0.29) is 12.4 Å². The predicted octanol–water partition coefficient (Wildman–Crippen LogP) is 4.42. The molecule has 1 aliphatic rings. The van der Waals surface area contributed by atoms with Crippen LogP contribution in [0.3, 0.4) is 0 Å². The molecule has 0 bridgehead atoms. The first-order valence-electron chi connectivity index (χ1n) is 10.3. The normalized spacial score (nSPS) is 15.3. The molecule has 0 aliphatic heterocycles. The van der Waals surface area contributed by atoms with Crippen LogP contribution in [0.5, 0.6) is 11.5 Å². The highest BCUT2D eigenvalue weighted by Gasteiger charge is 2.27. The second kappa shape index (κ2) is 8.76. The van der Waals surface area contributed by atoms with Crippen LogP contribution in [-0.2, 0) is 17.6 Å². The van der Waals surface area contributed by atoms with Gasteiger partial charge in [-0.2, -0.15) is 0 Å². The summed E-state index contributed by atoms with van der Waals surface area (Å²) in [6.07, 6.45) is 2.66. The lowest BCUT2D eigenvalue weighted by molar-refractivity contribution is 0.0474. The minimum absolute atomic E-state index is 0.339. The van der Waals surface area contributed by atoms with Gasteiger partial charge in [-0.3, -0.25) is 9.78 Å². The van der Waals surface area contributed by atoms with Crippen molar-refractivity contribution in [2.24, 2.45) is 5.92 Å². The van der Waals surface area contributed by atoms with Crippen LogP contribution in [0.1, 0.15) is 45.3 Å². The molecule has 1 unspecified atom stereocenters. The number of Topliss-reactive ketones (excluding diaryl/α,β-unsaturated/α-hetero) is 1. The monoisotopic (exact) mass is 419 g/mol. The summed E-state index contributed by atoms with van der Waals surface area (Å²) in [5, 5.41) is 0.759. The van der Waals surface area contributed by atoms with Crippen molar-refractivity contribution < 1.29 is 23.8 Å². The average molecular weight is 419 g/mol. The number of benzene rings is 2. The first-order chi connectivity index (χ1) is 15.0. The number of ether oxygens (including phenoxy) is 3. The van der Waals surface area contributed by atoms with Crippen LogP contribution in [0.4, 0.5) is 0 Å². The maximum Gasteiger partial charge on any atom is 0.339 e. The Morgan fingerprint density at radius 3 is 2.68 bits per heavy atom. The lowest BCUT2D eigenvalue weighted by Gasteiger charge is -2.24. The number of pyridine rings is 1. The third kappa shape index (κ3) is 4.10. The molecule has 3 aromatic rings. The van der Waals surface area contributed by atoms with Gasteiger partial charge in [0.25, 0.3) is 0 Å². The zero-order chi connectivity index (χ0) is 22.0. The number of hydrogen-bond donors (Lipinski definition) is 0. The SMILES string of the molecule is COc1ccc(C(=O)COC(=O)c2c3c(nc4ccccc24)CCC(C)C3)c(OC)c1. The number of fused-ring (bicyclic) bond motifs is 2. The topological polar surface area (TPSA) is 74.7 Å². The Kier molecular flexibility index (Phi) is 5.89. The molecule has 1 aromatic heterocycles. The first kappa shape index (κ1) is 20.8. The summed E-state index contributed by atoms with van der Waals surface area (Å²) in [5.41, 5.74) is 3.53. The van der Waals surface area contributed by atoms with Crippen molar-refractivity contribution in [3.05, 3.63) is 64.8 Å². The van der Waals surface area contributed by atoms with Gasteiger partial charge in [-0.15, -0.1) is 0 Å². The Bertz CT molecular complexity index is 1150. The molecule has 160 valence electrons. The molecule has 1 heterocycles. The number of para-hydroxylation sites is 1. The Labute approximate surface area is 181 Å². The van der Waals surface area contributed by atoms with Crippen LogP contribution in [0.15, 0.2) is 42.5 Å². The molecule has 0 saturated heterocycles. The Morgan fingerprint density at radius 1 is 1.10 bits per heavy atom. The third-order valence-electron chi connectivity index (χ3n) is 5.75. The second-order valence-electron chi connectivity index (χ2n) is 7.84. The van der Waals surface area contributed by atoms with E-state index in [9.17, 15) is 9.59 Å². The highest BCUT2D eigenvalue weighted by atomic mass is 16.5. The lowest BCUT2D eigenvalue weighted by atomic mass is 9.84. The summed E-state index contributed by atoms with van der Waals surface area (Å²) < 4.78 is 16.0. The van der Waals surface area contributed by atoms with E-state index >= 15 is 0 Å². The largest absolute Gasteiger partial charge is 0.497 e. The molecule has 0 amide bonds. The van der Waals surface area contributed by atoms with Gasteiger partial charge in [0, 0.05) is 17.1 Å². The zero-order valence-corrected chi connectivity index (χ0v) is 17.9. The molecular formula is C25H25NO5. The number of carbonyl (C=O) groups is 2. The van der Waals surface area contributed by atoms with E-state index in [0.717, 1.165) is 41.4 Å². The van der Waals surface area contributed by atoms with E-state index in [1.54, 1.807) is 25.3 Å². The maximum absolute atomic E-state index is 13.2. The van der Waals surface area contributed by atoms with Crippen LogP contribution in [0.2, 0.25) is 0 Å². The first-order valence-corrected chi connectivity index (χ1v) is 10.3. The summed E-state index contributed by atoms with van der Waals surface area (Å²) in [4.78, 5) is 30.7. The number of hydrogen-bond acceptors (Lipinski definition) is 6. The molecule has 2 aromatic carbocycles. The van der Waals surface area contributed by atoms with Gasteiger partial charge in [-0.1, -0.05) is 25.1 Å². The lowest BCUT2D eigenvalue weighted by Crippen LogP contribution is -2.21. The van der Waals surface area contributed by atoms with Gasteiger partial charge in [0.2, 0.25) is 5.78 Å². The van der Waals surface area contributed by atoms with E-state index in [1.165, 1.54) is 7.11 Å². The molecule has 6 nitrogen and oxygen atoms in total. The number of aromatic nitrogens is 1. The summed E-state index contributed by atoms with van der Waals surface area (Å²) in [6, 6.07) is 12.5. The Morgan fingerprint density at radius 2 is 1.90 bits per heavy atom. The van der Waals surface area contributed by atoms with Gasteiger partial charge in [-0.25, -0.2) is 4.79 Å². The highest BCUT2D eigenvalue weighted by Crippen LogP contribution is 2.32. The van der Waals surface area contributed by atoms with Crippen molar-refractivity contribution in [3.8, 4) is 11.5 Å². The van der Waals surface area contributed by atoms with E-state index < -0.39 is 5.97 Å². The van der Waals surface area contributed by atoms with Crippen molar-refractivity contribution >= 4 is 22.7 Å². The number of nitrogens with zero attached hydrogens (tertiary/aromatic N) is 1. The molecule has 0 radical (unpaired) electrons. The van der Waals surface area contributed by atoms with Gasteiger partial charge >= 0.3 is 5.97 Å². The van der Waals surface area contributed by atoms with Crippen molar-refractivity contribution in [2.75, 3.05) is 20.8 Å². The quantitative estimate of drug-likeness (QED) is 0.435. The summed E-state index contributed by atoms with van der Waals surface area (Å²) in [6.45, 7) is 1.80. The fourth-order valence-corrected chi connectivity index (χ4v) is 4.11. The van der Waals surface area contributed by atoms with Crippen molar-refractivity contribution in [3.63, 3.8) is 0 Å². The van der Waals surface area contributed by atoms with E-state index in [4.69, 9.17) is 19.2 Å². The predicted molar refractivity (Wildman–Crippen MR) is 117 cm³/mol. The standard InChI is InChI=1S/C25H25NO5/c1-15-8-11-21-19(12-15)24(17-6-4-5-7-20(17)26-21)25(28)31-14-22(27)18-10-9-16(29-2)13-23(18)30-3/h4-7,9-10,13,15H,8,11-12,14H2,1-3H3. The zero-order valence-electron chi connectivity index (χ0n) is 17.9. The van der Waals surface area contributed by atoms with Crippen LogP contribution >= 0.6 is 0 Å². The maximum atomic E-state index is 13.2. The van der Waals surface area contributed by atoms with Crippen LogP contribution in [-0.4, -0.2) is 37.6 Å². The second-order valence-corrected chi connectivity index (χ2v) is 7.84. The number of carbonyl (C=O) groups excluding carboxylic acids is 2. The van der Waals surface area contributed by atoms with Gasteiger partial charge in [-0.05, 0) is 48.9 Å². The van der Waals surface area contributed by atoms with E-state index in [0.29, 0.717) is 28.5 Å². The number of rotatable bonds is 6. The van der Waals surface area contributed by atoms with Gasteiger partial charge < -0.3 is 14.2 Å². The molecule has 0 saturated carbocycles. The number of aryl methyl sites for hydroxylation is 1. The summed E-state index contributed by atoms with van der Waals surface area (Å²) >= 11 is 0. The molecule has 0 fully saturated rings. The Balaban J connectivity index is 1.62. The van der Waals surface area contributed by atoms with Crippen LogP contribution < -0.4 is 9.47 Å². The van der Waals surface area contributed by atoms with Crippen molar-refractivity contribution in [1.29, 1.82) is 0 Å². The van der Waals surface area contributed by atoms with Gasteiger partial charge in [0.1, 0.15) is 11.5 Å². The molecule has 31 heavy (non-hydrogen) atoms. The molecule has 1 aliphatic carbocycles. The number of esters is 1. The molecule has 0 spiro atoms. The van der Waals surface area contributed by atoms with Crippen molar-refractivity contribution in [2.45, 2.75) is 26.2 Å².